The summed E-state index contributed by atoms with van der Waals surface area (Å²) in [5.74, 6) is 0. The highest BCUT2D eigenvalue weighted by atomic mass is 31.2. The molecule has 0 rings (SSSR count). The molecule has 0 radical (unpaired) electrons. The summed E-state index contributed by atoms with van der Waals surface area (Å²) in [7, 11) is -4.06. The van der Waals surface area contributed by atoms with Crippen molar-refractivity contribution >= 4 is 15.0 Å². The van der Waals surface area contributed by atoms with Crippen LogP contribution in [0.2, 0.25) is 0 Å². The first kappa shape index (κ1) is 48.0. The Kier molecular flexibility index (Phi) is 36.8. The van der Waals surface area contributed by atoms with Gasteiger partial charge in [-0.25, -0.2) is 9.65 Å². The Morgan fingerprint density at radius 2 is 0.771 bits per heavy atom. The van der Waals surface area contributed by atoms with Crippen LogP contribution in [-0.2, 0) is 13.6 Å². The van der Waals surface area contributed by atoms with E-state index in [0.717, 1.165) is 32.1 Å². The van der Waals surface area contributed by atoms with Crippen LogP contribution in [-0.4, -0.2) is 45.9 Å². The number of nitrogens with one attached hydrogen (secondary N) is 1. The van der Waals surface area contributed by atoms with E-state index in [4.69, 9.17) is 9.05 Å². The van der Waals surface area contributed by atoms with Crippen molar-refractivity contribution in [1.82, 2.24) is 5.09 Å². The molecule has 4 nitrogen and oxygen atoms in total. The molecule has 0 aliphatic carbocycles. The minimum atomic E-state index is -3.23. The highest BCUT2D eigenvalue weighted by molar-refractivity contribution is 7.73. The molecule has 0 unspecified atom stereocenters. The van der Waals surface area contributed by atoms with Gasteiger partial charge in [0.1, 0.15) is 0 Å². The molecule has 1 N–H and O–H groups in total. The largest absolute Gasteiger partial charge is 0.405 e. The maximum absolute atomic E-state index is 13.5. The van der Waals surface area contributed by atoms with Crippen molar-refractivity contribution in [3.63, 3.8) is 0 Å². The Bertz CT molecular complexity index is 702. The van der Waals surface area contributed by atoms with E-state index in [0.29, 0.717) is 19.8 Å². The minimum absolute atomic E-state index is 0.519. The average Bonchev–Trinajstić information content (AvgIpc) is 3.05. The average molecular weight is 715 g/mol. The molecule has 0 atom stereocenters. The second-order valence-electron chi connectivity index (χ2n) is 15.3. The lowest BCUT2D eigenvalue weighted by atomic mass is 10.1. The van der Waals surface area contributed by atoms with Gasteiger partial charge in [0.2, 0.25) is 0 Å². The third-order valence-corrected chi connectivity index (χ3v) is 12.5. The molecular weight excluding hydrogens is 628 g/mol. The summed E-state index contributed by atoms with van der Waals surface area (Å²) >= 11 is 0. The zero-order valence-electron chi connectivity index (χ0n) is 33.3. The molecule has 0 bridgehead atoms. The van der Waals surface area contributed by atoms with Gasteiger partial charge in [0, 0.05) is 33.8 Å². The first-order valence-electron chi connectivity index (χ1n) is 21.1. The summed E-state index contributed by atoms with van der Waals surface area (Å²) in [6, 6.07) is 0. The summed E-state index contributed by atoms with van der Waals surface area (Å²) in [6.45, 7) is 13.4. The number of unbranched alkanes of at least 4 members (excludes halogenated alkanes) is 24. The van der Waals surface area contributed by atoms with E-state index < -0.39 is 15.0 Å². The summed E-state index contributed by atoms with van der Waals surface area (Å²) in [4.78, 5) is 0. The Labute approximate surface area is 303 Å². The van der Waals surface area contributed by atoms with E-state index in [1.54, 1.807) is 0 Å². The fourth-order valence-corrected chi connectivity index (χ4v) is 8.50. The molecular formula is C42H86NO3P2+. The van der Waals surface area contributed by atoms with E-state index in [1.165, 1.54) is 160 Å². The predicted octanol–water partition coefficient (Wildman–Crippen LogP) is 15.1. The fourth-order valence-electron chi connectivity index (χ4n) is 5.97. The Balaban J connectivity index is 3.97. The van der Waals surface area contributed by atoms with Gasteiger partial charge in [-0.15, -0.1) is 0 Å². The van der Waals surface area contributed by atoms with Crippen molar-refractivity contribution in [2.75, 3.05) is 45.9 Å². The third kappa shape index (κ3) is 38.8. The van der Waals surface area contributed by atoms with Gasteiger partial charge in [-0.2, -0.15) is 0 Å². The Morgan fingerprint density at radius 3 is 1.10 bits per heavy atom. The zero-order valence-corrected chi connectivity index (χ0v) is 35.1. The Hall–Kier alpha value is 0.0200. The van der Waals surface area contributed by atoms with Crippen molar-refractivity contribution in [3.05, 3.63) is 24.3 Å². The lowest BCUT2D eigenvalue weighted by Crippen LogP contribution is -2.18. The first-order valence-corrected chi connectivity index (χ1v) is 25.9. The second-order valence-corrected chi connectivity index (χ2v) is 22.2. The van der Waals surface area contributed by atoms with Gasteiger partial charge in [-0.3, -0.25) is 9.05 Å². The predicted molar refractivity (Wildman–Crippen MR) is 221 cm³/mol. The van der Waals surface area contributed by atoms with Crippen molar-refractivity contribution in [2.24, 2.45) is 0 Å². The van der Waals surface area contributed by atoms with E-state index in [2.05, 4.69) is 63.2 Å². The van der Waals surface area contributed by atoms with Crippen molar-refractivity contribution in [3.8, 4) is 0 Å². The third-order valence-electron chi connectivity index (χ3n) is 9.15. The molecule has 0 aromatic rings. The van der Waals surface area contributed by atoms with Gasteiger partial charge in [0.05, 0.1) is 19.4 Å². The van der Waals surface area contributed by atoms with E-state index in [-0.39, 0.29) is 0 Å². The highest BCUT2D eigenvalue weighted by Gasteiger charge is 2.25. The van der Waals surface area contributed by atoms with Crippen LogP contribution in [0.4, 0.5) is 0 Å². The standard InChI is InChI=1S/C42H86NO3P2/c1-6-8-10-12-14-16-18-20-22-24-26-28-30-32-34-36-40-45-48(44,43-39-38-42-47(3,4)5)46-41-37-35-33-31-29-27-25-23-21-19-17-15-13-11-9-7-2/h20-23H,6-19,24-42H2,1-5H3,(H,43,44)/q+1/b22-20+,23-21+. The molecule has 6 heteroatoms. The first-order chi connectivity index (χ1) is 23.3. The van der Waals surface area contributed by atoms with Crippen LogP contribution in [0.5, 0.6) is 0 Å². The Morgan fingerprint density at radius 1 is 0.458 bits per heavy atom. The topological polar surface area (TPSA) is 47.6 Å². The lowest BCUT2D eigenvalue weighted by Gasteiger charge is -2.20. The summed E-state index contributed by atoms with van der Waals surface area (Å²) in [6.07, 6.45) is 47.7. The maximum atomic E-state index is 13.5. The van der Waals surface area contributed by atoms with Gasteiger partial charge < -0.3 is 0 Å². The molecule has 48 heavy (non-hydrogen) atoms. The molecule has 286 valence electrons. The van der Waals surface area contributed by atoms with Crippen LogP contribution in [0, 0.1) is 0 Å². The highest BCUT2D eigenvalue weighted by Crippen LogP contribution is 2.48. The van der Waals surface area contributed by atoms with Crippen molar-refractivity contribution < 1.29 is 13.6 Å². The summed E-state index contributed by atoms with van der Waals surface area (Å²) < 4.78 is 25.4. The van der Waals surface area contributed by atoms with Crippen LogP contribution < -0.4 is 5.09 Å². The number of allylic oxidation sites excluding steroid dienone is 4. The lowest BCUT2D eigenvalue weighted by molar-refractivity contribution is 0.189. The summed E-state index contributed by atoms with van der Waals surface area (Å²) in [5.41, 5.74) is 0. The number of rotatable bonds is 39. The minimum Gasteiger partial charge on any atom is -0.297 e. The molecule has 0 aromatic heterocycles. The van der Waals surface area contributed by atoms with Gasteiger partial charge in [0.25, 0.3) is 0 Å². The molecule has 0 aliphatic rings. The molecule has 0 aromatic carbocycles. The fraction of sp³-hybridized carbons (Fsp3) is 0.905. The monoisotopic (exact) mass is 715 g/mol. The molecule has 0 saturated carbocycles. The van der Waals surface area contributed by atoms with E-state index >= 15 is 0 Å². The molecule has 0 amide bonds. The van der Waals surface area contributed by atoms with Crippen LogP contribution in [0.1, 0.15) is 200 Å². The quantitative estimate of drug-likeness (QED) is 0.0391. The van der Waals surface area contributed by atoms with Gasteiger partial charge >= 0.3 is 7.75 Å². The number of hydrogen-bond acceptors (Lipinski definition) is 3. The van der Waals surface area contributed by atoms with Crippen LogP contribution in [0.3, 0.4) is 0 Å². The van der Waals surface area contributed by atoms with Gasteiger partial charge in [-0.1, -0.05) is 154 Å². The SMILES string of the molecule is CCCCCCCC/C=C/CCCCCCCCOP(=O)(NCCC[P+](C)(C)C)OCCCCCCCC/C=C/CCCCCCCC. The number of hydrogen-bond donors (Lipinski definition) is 1. The molecule has 0 heterocycles. The van der Waals surface area contributed by atoms with Crippen LogP contribution in [0.25, 0.3) is 0 Å². The van der Waals surface area contributed by atoms with Gasteiger partial charge in [-0.05, 0) is 70.6 Å². The molecule has 0 aliphatic heterocycles. The van der Waals surface area contributed by atoms with Crippen molar-refractivity contribution in [2.45, 2.75) is 200 Å². The smallest absolute Gasteiger partial charge is 0.297 e. The van der Waals surface area contributed by atoms with E-state index in [9.17, 15) is 4.57 Å². The summed E-state index contributed by atoms with van der Waals surface area (Å²) in [5, 5.41) is 3.19. The maximum Gasteiger partial charge on any atom is 0.405 e. The van der Waals surface area contributed by atoms with Crippen LogP contribution >= 0.6 is 15.0 Å². The van der Waals surface area contributed by atoms with Crippen LogP contribution in [0.15, 0.2) is 24.3 Å². The zero-order chi connectivity index (χ0) is 35.3. The van der Waals surface area contributed by atoms with Gasteiger partial charge in [0.15, 0.2) is 0 Å². The second kappa shape index (κ2) is 36.8. The molecule has 0 fully saturated rings. The molecule has 0 saturated heterocycles. The molecule has 0 spiro atoms. The van der Waals surface area contributed by atoms with Crippen molar-refractivity contribution in [1.29, 1.82) is 0 Å². The normalized spacial score (nSPS) is 12.7. The van der Waals surface area contributed by atoms with E-state index in [1.807, 2.05) is 0 Å².